The van der Waals surface area contributed by atoms with Gasteiger partial charge in [-0.3, -0.25) is 0 Å². The number of hydrogen-bond donors (Lipinski definition) is 1. The number of fused-ring (bicyclic) bond motifs is 1. The molecule has 1 aromatic heterocycles. The van der Waals surface area contributed by atoms with E-state index in [1.807, 2.05) is 0 Å². The molecule has 0 saturated carbocycles. The van der Waals surface area contributed by atoms with Crippen LogP contribution in [0, 0.1) is 0 Å². The molecular weight excluding hydrogens is 543 g/mol. The van der Waals surface area contributed by atoms with E-state index >= 15 is 0 Å². The molecule has 0 spiro atoms. The summed E-state index contributed by atoms with van der Waals surface area (Å²) in [4.78, 5) is 25.5. The summed E-state index contributed by atoms with van der Waals surface area (Å²) >= 11 is 0. The highest BCUT2D eigenvalue weighted by atomic mass is 32.2. The van der Waals surface area contributed by atoms with Crippen molar-refractivity contribution in [3.05, 3.63) is 36.7 Å². The van der Waals surface area contributed by atoms with E-state index < -0.39 is 27.1 Å². The summed E-state index contributed by atoms with van der Waals surface area (Å²) in [5.41, 5.74) is 1.51. The molecule has 0 aliphatic carbocycles. The van der Waals surface area contributed by atoms with Gasteiger partial charge < -0.3 is 24.5 Å². The van der Waals surface area contributed by atoms with Crippen molar-refractivity contribution in [2.24, 2.45) is 0 Å². The van der Waals surface area contributed by atoms with Gasteiger partial charge in [0.1, 0.15) is 12.1 Å². The van der Waals surface area contributed by atoms with Gasteiger partial charge >= 0.3 is 12.1 Å². The molecule has 3 aromatic rings. The number of hydrogen-bond acceptors (Lipinski definition) is 10. The first-order valence-corrected chi connectivity index (χ1v) is 13.2. The zero-order valence-electron chi connectivity index (χ0n) is 21.3. The van der Waals surface area contributed by atoms with E-state index in [9.17, 15) is 26.4 Å². The Morgan fingerprint density at radius 1 is 1.03 bits per heavy atom. The first-order valence-electron chi connectivity index (χ1n) is 11.8. The van der Waals surface area contributed by atoms with Crippen molar-refractivity contribution in [3.63, 3.8) is 0 Å². The molecule has 0 radical (unpaired) electrons. The molecule has 0 bridgehead atoms. The molecule has 2 aromatic carbocycles. The molecule has 4 rings (SSSR count). The number of sulfonamides is 1. The van der Waals surface area contributed by atoms with Crippen molar-refractivity contribution in [1.82, 2.24) is 14.4 Å². The third kappa shape index (κ3) is 5.93. The number of piperidine rings is 1. The number of aromatic nitrogens is 2. The molecule has 11 nitrogen and oxygen atoms in total. The van der Waals surface area contributed by atoms with Gasteiger partial charge in [-0.05, 0) is 48.0 Å². The fourth-order valence-corrected chi connectivity index (χ4v) is 5.13. The summed E-state index contributed by atoms with van der Waals surface area (Å²) in [6, 6.07) is 7.38. The van der Waals surface area contributed by atoms with Crippen LogP contribution in [0.5, 0.6) is 11.5 Å². The minimum Gasteiger partial charge on any atom is -0.493 e. The normalized spacial score (nSPS) is 14.4. The van der Waals surface area contributed by atoms with Crippen molar-refractivity contribution in [3.8, 4) is 11.5 Å². The Kier molecular flexibility index (Phi) is 8.02. The second-order valence-corrected chi connectivity index (χ2v) is 10.5. The van der Waals surface area contributed by atoms with Gasteiger partial charge in [-0.1, -0.05) is 0 Å². The van der Waals surface area contributed by atoms with E-state index in [4.69, 9.17) is 9.47 Å². The zero-order chi connectivity index (χ0) is 28.4. The number of nitrogens with zero attached hydrogens (tertiary/aromatic N) is 4. The van der Waals surface area contributed by atoms with Crippen LogP contribution in [0.3, 0.4) is 0 Å². The molecule has 1 N–H and O–H groups in total. The van der Waals surface area contributed by atoms with Gasteiger partial charge in [-0.15, -0.1) is 0 Å². The van der Waals surface area contributed by atoms with E-state index in [2.05, 4.69) is 25.0 Å². The molecule has 0 atom stereocenters. The fourth-order valence-electron chi connectivity index (χ4n) is 4.16. The van der Waals surface area contributed by atoms with Crippen LogP contribution in [0.4, 0.5) is 30.4 Å². The zero-order valence-corrected chi connectivity index (χ0v) is 22.1. The average molecular weight is 570 g/mol. The lowest BCUT2D eigenvalue weighted by Crippen LogP contribution is -2.36. The lowest BCUT2D eigenvalue weighted by molar-refractivity contribution is -0.219. The number of carbonyl (C=O) groups excluding carboxylic acids is 1. The molecular formula is C24H26F3N5O6S. The number of anilines is 3. The maximum atomic E-state index is 13.0. The average Bonchev–Trinajstić information content (AvgIpc) is 2.92. The maximum Gasteiger partial charge on any atom is 0.492 e. The Labute approximate surface area is 222 Å². The highest BCUT2D eigenvalue weighted by Crippen LogP contribution is 2.38. The fraction of sp³-hybridized carbons (Fsp3) is 0.375. The lowest BCUT2D eigenvalue weighted by atomic mass is 10.1. The maximum absolute atomic E-state index is 13.0. The molecule has 15 heteroatoms. The van der Waals surface area contributed by atoms with Gasteiger partial charge in [-0.25, -0.2) is 23.2 Å². The summed E-state index contributed by atoms with van der Waals surface area (Å²) < 4.78 is 74.7. The van der Waals surface area contributed by atoms with Gasteiger partial charge in [-0.2, -0.15) is 13.2 Å². The predicted molar refractivity (Wildman–Crippen MR) is 136 cm³/mol. The molecule has 1 fully saturated rings. The van der Waals surface area contributed by atoms with Gasteiger partial charge in [0.2, 0.25) is 0 Å². The Morgan fingerprint density at radius 2 is 1.69 bits per heavy atom. The topological polar surface area (TPSA) is 123 Å². The Hall–Kier alpha value is -3.85. The number of ether oxygens (including phenoxy) is 2. The molecule has 0 amide bonds. The monoisotopic (exact) mass is 569 g/mol. The van der Waals surface area contributed by atoms with E-state index in [1.165, 1.54) is 32.7 Å². The summed E-state index contributed by atoms with van der Waals surface area (Å²) in [5.74, 6) is -1.46. The minimum atomic E-state index is -5.37. The molecule has 1 aliphatic rings. The van der Waals surface area contributed by atoms with Crippen molar-refractivity contribution < 1.29 is 40.7 Å². The second-order valence-electron chi connectivity index (χ2n) is 8.59. The van der Waals surface area contributed by atoms with Crippen LogP contribution in [0.1, 0.15) is 19.3 Å². The van der Waals surface area contributed by atoms with Gasteiger partial charge in [0, 0.05) is 31.6 Å². The van der Waals surface area contributed by atoms with Crippen molar-refractivity contribution in [2.75, 3.05) is 44.6 Å². The Morgan fingerprint density at radius 3 is 2.33 bits per heavy atom. The number of halogens is 3. The van der Waals surface area contributed by atoms with Crippen molar-refractivity contribution >= 4 is 44.1 Å². The third-order valence-electron chi connectivity index (χ3n) is 6.14. The van der Waals surface area contributed by atoms with Crippen molar-refractivity contribution in [2.45, 2.75) is 30.3 Å². The summed E-state index contributed by atoms with van der Waals surface area (Å²) in [7, 11) is -0.978. The standard InChI is InChI=1S/C24H26F3N5O6S/c1-31(38-23(33)24(25,26)27)39(34,35)15-7-8-19(32-9-5-4-6-10-32)18(11-15)30-22-16-12-20(36-2)21(37-3)13-17(16)28-14-29-22/h7-8,11-14H,4-6,9-10H2,1-3H3,(H,28,29,30). The van der Waals surface area contributed by atoms with Crippen LogP contribution in [0.2, 0.25) is 0 Å². The van der Waals surface area contributed by atoms with Crippen LogP contribution in [-0.4, -0.2) is 69.4 Å². The second kappa shape index (κ2) is 11.1. The number of nitrogens with one attached hydrogen (secondary N) is 1. The van der Waals surface area contributed by atoms with E-state index in [-0.39, 0.29) is 4.47 Å². The van der Waals surface area contributed by atoms with Crippen LogP contribution in [0.25, 0.3) is 10.9 Å². The summed E-state index contributed by atoms with van der Waals surface area (Å²) in [6.45, 7) is 1.44. The van der Waals surface area contributed by atoms with Gasteiger partial charge in [0.15, 0.2) is 11.5 Å². The van der Waals surface area contributed by atoms with Crippen LogP contribution >= 0.6 is 0 Å². The number of alkyl halides is 3. The van der Waals surface area contributed by atoms with Crippen molar-refractivity contribution in [1.29, 1.82) is 0 Å². The molecule has 39 heavy (non-hydrogen) atoms. The number of carbonyl (C=O) groups is 1. The number of benzene rings is 2. The van der Waals surface area contributed by atoms with Crippen LogP contribution in [0.15, 0.2) is 41.6 Å². The first kappa shape index (κ1) is 28.2. The lowest BCUT2D eigenvalue weighted by Gasteiger charge is -2.31. The number of hydroxylamine groups is 1. The highest BCUT2D eigenvalue weighted by Gasteiger charge is 2.44. The third-order valence-corrected chi connectivity index (χ3v) is 7.74. The van der Waals surface area contributed by atoms with Gasteiger partial charge in [0.25, 0.3) is 10.0 Å². The Balaban J connectivity index is 1.78. The quantitative estimate of drug-likeness (QED) is 0.398. The molecule has 210 valence electrons. The number of rotatable bonds is 8. The molecule has 1 saturated heterocycles. The molecule has 1 aliphatic heterocycles. The smallest absolute Gasteiger partial charge is 0.492 e. The highest BCUT2D eigenvalue weighted by molar-refractivity contribution is 7.89. The SMILES string of the molecule is COc1cc2ncnc(Nc3cc(S(=O)(=O)N(C)OC(=O)C(F)(F)F)ccc3N3CCCCC3)c2cc1OC. The molecule has 0 unspecified atom stereocenters. The van der Waals surface area contributed by atoms with E-state index in [1.54, 1.807) is 18.2 Å². The largest absolute Gasteiger partial charge is 0.493 e. The van der Waals surface area contributed by atoms with E-state index in [0.717, 1.165) is 32.4 Å². The van der Waals surface area contributed by atoms with Crippen LogP contribution < -0.4 is 19.7 Å². The predicted octanol–water partition coefficient (Wildman–Crippen LogP) is 4.02. The first-order chi connectivity index (χ1) is 18.5. The number of methoxy groups -OCH3 is 2. The molecule has 2 heterocycles. The van der Waals surface area contributed by atoms with E-state index in [0.29, 0.717) is 46.6 Å². The summed E-state index contributed by atoms with van der Waals surface area (Å²) in [5, 5.41) is 3.70. The Bertz CT molecular complexity index is 1480. The summed E-state index contributed by atoms with van der Waals surface area (Å²) in [6.07, 6.45) is -1.13. The minimum absolute atomic E-state index is 0.111. The van der Waals surface area contributed by atoms with Gasteiger partial charge in [0.05, 0.1) is 36.0 Å². The van der Waals surface area contributed by atoms with Crippen LogP contribution in [-0.2, 0) is 19.7 Å².